The number of sulfone groups is 1. The number of hydrogen-bond acceptors (Lipinski definition) is 6. The largest absolute Gasteiger partial charge is 0.480 e. The lowest BCUT2D eigenvalue weighted by molar-refractivity contribution is -0.189. The van der Waals surface area contributed by atoms with Crippen LogP contribution in [-0.2, 0) is 27.7 Å². The van der Waals surface area contributed by atoms with Crippen LogP contribution in [0.25, 0.3) is 0 Å². The average molecular weight is 499 g/mol. The van der Waals surface area contributed by atoms with Gasteiger partial charge in [0, 0.05) is 38.1 Å². The average Bonchev–Trinajstić information content (AvgIpc) is 3.21. The van der Waals surface area contributed by atoms with E-state index in [1.54, 1.807) is 0 Å². The van der Waals surface area contributed by atoms with Gasteiger partial charge in [0.15, 0.2) is 15.9 Å². The van der Waals surface area contributed by atoms with Gasteiger partial charge in [-0.2, -0.15) is 13.2 Å². The topological polar surface area (TPSA) is 76.2 Å². The maximum atomic E-state index is 13.4. The zero-order chi connectivity index (χ0) is 24.7. The van der Waals surface area contributed by atoms with Crippen LogP contribution in [0.1, 0.15) is 28.4 Å². The van der Waals surface area contributed by atoms with Gasteiger partial charge in [-0.3, -0.25) is 4.79 Å². The van der Waals surface area contributed by atoms with Crippen molar-refractivity contribution in [2.24, 2.45) is 0 Å². The molecular formula is C23H25F3N2O5S. The van der Waals surface area contributed by atoms with Gasteiger partial charge in [-0.1, -0.05) is 6.07 Å². The Bertz CT molecular complexity index is 1190. The number of hydrogen-bond donors (Lipinski definition) is 0. The third-order valence-corrected chi connectivity index (χ3v) is 7.06. The van der Waals surface area contributed by atoms with Gasteiger partial charge in [-0.15, -0.1) is 0 Å². The van der Waals surface area contributed by atoms with Crippen molar-refractivity contribution in [1.29, 1.82) is 0 Å². The van der Waals surface area contributed by atoms with E-state index in [0.717, 1.165) is 61.3 Å². The van der Waals surface area contributed by atoms with Gasteiger partial charge in [0.25, 0.3) is 5.91 Å². The van der Waals surface area contributed by atoms with E-state index in [1.165, 1.54) is 4.90 Å². The number of amides is 1. The number of rotatable bonds is 5. The molecule has 2 aromatic carbocycles. The van der Waals surface area contributed by atoms with Crippen molar-refractivity contribution in [1.82, 2.24) is 4.90 Å². The highest BCUT2D eigenvalue weighted by Gasteiger charge is 2.39. The van der Waals surface area contributed by atoms with Gasteiger partial charge >= 0.3 is 6.18 Å². The first-order chi connectivity index (χ1) is 15.9. The summed E-state index contributed by atoms with van der Waals surface area (Å²) in [5.74, 6) is -0.911. The van der Waals surface area contributed by atoms with Crippen molar-refractivity contribution in [3.05, 3.63) is 53.1 Å². The first-order valence-electron chi connectivity index (χ1n) is 10.7. The van der Waals surface area contributed by atoms with Crippen LogP contribution in [0.3, 0.4) is 0 Å². The van der Waals surface area contributed by atoms with Crippen molar-refractivity contribution < 1.29 is 35.9 Å². The van der Waals surface area contributed by atoms with Crippen LogP contribution < -0.4 is 9.64 Å². The smallest absolute Gasteiger partial charge is 0.425 e. The molecular weight excluding hydrogens is 473 g/mol. The summed E-state index contributed by atoms with van der Waals surface area (Å²) >= 11 is 0. The molecule has 2 heterocycles. The van der Waals surface area contributed by atoms with E-state index < -0.39 is 28.0 Å². The molecule has 11 heteroatoms. The summed E-state index contributed by atoms with van der Waals surface area (Å²) in [4.78, 5) is 16.9. The van der Waals surface area contributed by atoms with Crippen molar-refractivity contribution in [2.45, 2.75) is 37.2 Å². The van der Waals surface area contributed by atoms with E-state index in [9.17, 15) is 26.4 Å². The molecule has 1 amide bonds. The van der Waals surface area contributed by atoms with Gasteiger partial charge in [0.2, 0.25) is 0 Å². The Morgan fingerprint density at radius 3 is 2.38 bits per heavy atom. The van der Waals surface area contributed by atoms with Crippen molar-refractivity contribution >= 4 is 21.4 Å². The lowest BCUT2D eigenvalue weighted by atomic mass is 10.1. The van der Waals surface area contributed by atoms with Gasteiger partial charge in [-0.05, 0) is 48.4 Å². The number of fused-ring (bicyclic) bond motifs is 1. The highest BCUT2D eigenvalue weighted by atomic mass is 32.2. The third-order valence-electron chi connectivity index (χ3n) is 5.95. The lowest BCUT2D eigenvalue weighted by Crippen LogP contribution is -2.36. The molecule has 184 valence electrons. The van der Waals surface area contributed by atoms with Crippen molar-refractivity contribution in [3.8, 4) is 5.75 Å². The van der Waals surface area contributed by atoms with Gasteiger partial charge < -0.3 is 19.3 Å². The van der Waals surface area contributed by atoms with Gasteiger partial charge in [-0.25, -0.2) is 8.42 Å². The van der Waals surface area contributed by atoms with Crippen molar-refractivity contribution in [2.75, 3.05) is 37.5 Å². The number of nitrogens with zero attached hydrogens (tertiary/aromatic N) is 2. The minimum absolute atomic E-state index is 0.172. The third kappa shape index (κ3) is 5.15. The predicted octanol–water partition coefficient (Wildman–Crippen LogP) is 3.41. The maximum Gasteiger partial charge on any atom is 0.425 e. The molecule has 2 aromatic rings. The van der Waals surface area contributed by atoms with E-state index in [0.29, 0.717) is 13.2 Å². The number of carbonyl (C=O) groups excluding carboxylic acids is 1. The first-order valence-corrected chi connectivity index (χ1v) is 12.6. The summed E-state index contributed by atoms with van der Waals surface area (Å²) in [5, 5.41) is 0. The molecule has 0 unspecified atom stereocenters. The molecule has 2 aliphatic heterocycles. The van der Waals surface area contributed by atoms with Crippen LogP contribution >= 0.6 is 0 Å². The summed E-state index contributed by atoms with van der Waals surface area (Å²) in [7, 11) is -3.69. The number of benzene rings is 2. The Hall–Kier alpha value is -2.79. The molecule has 2 aliphatic rings. The minimum Gasteiger partial charge on any atom is -0.480 e. The molecule has 4 rings (SSSR count). The number of morpholine rings is 1. The SMILES string of the molecule is C[C@H](Oc1ccc(S(C)(=O)=O)cc1C(=O)N1Cc2ccc(N3CCOCC3)cc2C1)C(F)(F)F. The highest BCUT2D eigenvalue weighted by molar-refractivity contribution is 7.90. The van der Waals surface area contributed by atoms with Crippen molar-refractivity contribution in [3.63, 3.8) is 0 Å². The molecule has 0 spiro atoms. The second-order valence-electron chi connectivity index (χ2n) is 8.45. The van der Waals surface area contributed by atoms with Crippen LogP contribution in [0.4, 0.5) is 18.9 Å². The molecule has 0 aromatic heterocycles. The van der Waals surface area contributed by atoms with E-state index in [4.69, 9.17) is 9.47 Å². The molecule has 0 radical (unpaired) electrons. The van der Waals surface area contributed by atoms with Gasteiger partial charge in [0.1, 0.15) is 5.75 Å². The fourth-order valence-electron chi connectivity index (χ4n) is 3.98. The molecule has 0 bridgehead atoms. The normalized spacial score (nSPS) is 17.4. The second kappa shape index (κ2) is 9.10. The Morgan fingerprint density at radius 1 is 1.06 bits per heavy atom. The Kier molecular flexibility index (Phi) is 6.52. The standard InChI is InChI=1S/C23H25F3N2O5S/c1-15(23(24,25)26)33-21-6-5-19(34(2,30)31)12-20(21)22(29)28-13-16-3-4-18(11-17(16)14-28)27-7-9-32-10-8-27/h3-6,11-12,15H,7-10,13-14H2,1-2H3/t15-/m0/s1. The highest BCUT2D eigenvalue weighted by Crippen LogP contribution is 2.33. The minimum atomic E-state index is -4.64. The Balaban J connectivity index is 1.61. The fourth-order valence-corrected chi connectivity index (χ4v) is 4.63. The Morgan fingerprint density at radius 2 is 1.74 bits per heavy atom. The predicted molar refractivity (Wildman–Crippen MR) is 119 cm³/mol. The number of anilines is 1. The van der Waals surface area contributed by atoms with E-state index in [2.05, 4.69) is 4.90 Å². The molecule has 34 heavy (non-hydrogen) atoms. The lowest BCUT2D eigenvalue weighted by Gasteiger charge is -2.29. The summed E-state index contributed by atoms with van der Waals surface area (Å²) in [5.41, 5.74) is 2.65. The fraction of sp³-hybridized carbons (Fsp3) is 0.435. The monoisotopic (exact) mass is 498 g/mol. The molecule has 0 saturated carbocycles. The maximum absolute atomic E-state index is 13.4. The zero-order valence-electron chi connectivity index (χ0n) is 18.8. The molecule has 0 N–H and O–H groups in total. The second-order valence-corrected chi connectivity index (χ2v) is 10.5. The molecule has 1 fully saturated rings. The van der Waals surface area contributed by atoms with Crippen LogP contribution in [0.15, 0.2) is 41.3 Å². The quantitative estimate of drug-likeness (QED) is 0.629. The molecule has 1 saturated heterocycles. The molecule has 1 atom stereocenters. The zero-order valence-corrected chi connectivity index (χ0v) is 19.6. The number of alkyl halides is 3. The number of halogens is 3. The van der Waals surface area contributed by atoms with E-state index >= 15 is 0 Å². The summed E-state index contributed by atoms with van der Waals surface area (Å²) < 4.78 is 73.7. The van der Waals surface area contributed by atoms with E-state index in [-0.39, 0.29) is 29.3 Å². The molecule has 0 aliphatic carbocycles. The van der Waals surface area contributed by atoms with Gasteiger partial charge in [0.05, 0.1) is 23.7 Å². The first kappa shape index (κ1) is 24.3. The summed E-state index contributed by atoms with van der Waals surface area (Å²) in [6, 6.07) is 9.23. The van der Waals surface area contributed by atoms with Crippen LogP contribution in [0, 0.1) is 0 Å². The van der Waals surface area contributed by atoms with Crippen LogP contribution in [0.5, 0.6) is 5.75 Å². The van der Waals surface area contributed by atoms with Crippen LogP contribution in [0.2, 0.25) is 0 Å². The molecule has 7 nitrogen and oxygen atoms in total. The summed E-state index contributed by atoms with van der Waals surface area (Å²) in [6.07, 6.45) is -5.85. The summed E-state index contributed by atoms with van der Waals surface area (Å²) in [6.45, 7) is 4.14. The Labute approximate surface area is 196 Å². The van der Waals surface area contributed by atoms with Crippen LogP contribution in [-0.4, -0.2) is 64.1 Å². The number of carbonyl (C=O) groups is 1. The van der Waals surface area contributed by atoms with E-state index in [1.807, 2.05) is 18.2 Å². The number of ether oxygens (including phenoxy) is 2.